The summed E-state index contributed by atoms with van der Waals surface area (Å²) in [6.07, 6.45) is 0. The fraction of sp³-hybridized carbons (Fsp3) is 0.286. The van der Waals surface area contributed by atoms with Gasteiger partial charge in [-0.1, -0.05) is 0 Å². The molecule has 1 aromatic rings. The van der Waals surface area contributed by atoms with Gasteiger partial charge in [-0.25, -0.2) is 0 Å². The van der Waals surface area contributed by atoms with Gasteiger partial charge in [-0.2, -0.15) is 0 Å². The lowest BCUT2D eigenvalue weighted by molar-refractivity contribution is -0.390. The second-order valence-electron chi connectivity index (χ2n) is 2.29. The van der Waals surface area contributed by atoms with Crippen LogP contribution in [0.2, 0.25) is 0 Å². The lowest BCUT2D eigenvalue weighted by Gasteiger charge is -2.00. The summed E-state index contributed by atoms with van der Waals surface area (Å²) < 4.78 is 4.76. The van der Waals surface area contributed by atoms with Crippen molar-refractivity contribution in [1.82, 2.24) is 4.98 Å². The standard InChI is InChI=1S/C7H9N3O3/c1-13-6-3-2-5(4-8)9-7(6)10(11)12/h2-3H,4,8H2,1H3. The first-order chi connectivity index (χ1) is 6.19. The van der Waals surface area contributed by atoms with Crippen LogP contribution in [0.3, 0.4) is 0 Å². The molecule has 0 bridgehead atoms. The fourth-order valence-corrected chi connectivity index (χ4v) is 0.879. The minimum atomic E-state index is -0.599. The predicted molar refractivity (Wildman–Crippen MR) is 45.3 cm³/mol. The first-order valence-electron chi connectivity index (χ1n) is 3.57. The second kappa shape index (κ2) is 3.81. The Bertz CT molecular complexity index is 327. The number of rotatable bonds is 3. The third kappa shape index (κ3) is 1.91. The molecule has 1 rings (SSSR count). The number of hydrogen-bond donors (Lipinski definition) is 1. The van der Waals surface area contributed by atoms with Crippen LogP contribution in [0.1, 0.15) is 5.69 Å². The van der Waals surface area contributed by atoms with Crippen LogP contribution >= 0.6 is 0 Å². The highest BCUT2D eigenvalue weighted by Gasteiger charge is 2.17. The summed E-state index contributed by atoms with van der Waals surface area (Å²) in [4.78, 5) is 13.6. The van der Waals surface area contributed by atoms with Gasteiger partial charge >= 0.3 is 5.82 Å². The molecule has 6 nitrogen and oxygen atoms in total. The van der Waals surface area contributed by atoms with Crippen molar-refractivity contribution >= 4 is 5.82 Å². The van der Waals surface area contributed by atoms with E-state index in [4.69, 9.17) is 10.5 Å². The Labute approximate surface area is 74.5 Å². The average molecular weight is 183 g/mol. The largest absolute Gasteiger partial charge is 0.489 e. The molecule has 70 valence electrons. The molecule has 2 N–H and O–H groups in total. The van der Waals surface area contributed by atoms with Gasteiger partial charge in [0, 0.05) is 0 Å². The molecular formula is C7H9N3O3. The van der Waals surface area contributed by atoms with Crippen LogP contribution < -0.4 is 10.5 Å². The normalized spacial score (nSPS) is 9.69. The van der Waals surface area contributed by atoms with Crippen LogP contribution in [0, 0.1) is 10.1 Å². The lowest BCUT2D eigenvalue weighted by Crippen LogP contribution is -2.03. The maximum atomic E-state index is 10.5. The number of nitro groups is 1. The summed E-state index contributed by atoms with van der Waals surface area (Å²) in [5.41, 5.74) is 5.75. The van der Waals surface area contributed by atoms with E-state index in [-0.39, 0.29) is 18.1 Å². The van der Waals surface area contributed by atoms with E-state index >= 15 is 0 Å². The minimum absolute atomic E-state index is 0.141. The maximum Gasteiger partial charge on any atom is 0.406 e. The van der Waals surface area contributed by atoms with Gasteiger partial charge in [0.05, 0.1) is 13.7 Å². The molecule has 0 atom stereocenters. The van der Waals surface area contributed by atoms with Crippen LogP contribution in [0.25, 0.3) is 0 Å². The fourth-order valence-electron chi connectivity index (χ4n) is 0.879. The molecule has 0 radical (unpaired) electrons. The molecule has 0 saturated heterocycles. The molecule has 0 amide bonds. The van der Waals surface area contributed by atoms with Gasteiger partial charge in [0.25, 0.3) is 0 Å². The van der Waals surface area contributed by atoms with Crippen LogP contribution in [-0.2, 0) is 6.54 Å². The molecule has 0 aromatic carbocycles. The topological polar surface area (TPSA) is 91.3 Å². The quantitative estimate of drug-likeness (QED) is 0.542. The number of methoxy groups -OCH3 is 1. The monoisotopic (exact) mass is 183 g/mol. The van der Waals surface area contributed by atoms with Gasteiger partial charge in [0.1, 0.15) is 0 Å². The molecule has 1 aromatic heterocycles. The Hall–Kier alpha value is -1.69. The smallest absolute Gasteiger partial charge is 0.406 e. The highest BCUT2D eigenvalue weighted by Crippen LogP contribution is 2.23. The number of aromatic nitrogens is 1. The van der Waals surface area contributed by atoms with Crippen LogP contribution in [0.4, 0.5) is 5.82 Å². The molecule has 0 spiro atoms. The molecule has 0 saturated carbocycles. The van der Waals surface area contributed by atoms with Crippen LogP contribution in [-0.4, -0.2) is 17.0 Å². The summed E-state index contributed by atoms with van der Waals surface area (Å²) in [6, 6.07) is 3.07. The van der Waals surface area contributed by atoms with Crippen molar-refractivity contribution in [2.75, 3.05) is 7.11 Å². The van der Waals surface area contributed by atoms with Crippen molar-refractivity contribution in [2.45, 2.75) is 6.54 Å². The second-order valence-corrected chi connectivity index (χ2v) is 2.29. The molecule has 0 aliphatic carbocycles. The Morgan fingerprint density at radius 1 is 1.69 bits per heavy atom. The molecule has 1 heterocycles. The van der Waals surface area contributed by atoms with E-state index in [9.17, 15) is 10.1 Å². The highest BCUT2D eigenvalue weighted by atomic mass is 16.6. The molecule has 0 aliphatic heterocycles. The summed E-state index contributed by atoms with van der Waals surface area (Å²) in [6.45, 7) is 0.171. The molecule has 13 heavy (non-hydrogen) atoms. The first-order valence-corrected chi connectivity index (χ1v) is 3.57. The predicted octanol–water partition coefficient (Wildman–Crippen LogP) is 0.457. The molecule has 0 fully saturated rings. The van der Waals surface area contributed by atoms with E-state index < -0.39 is 4.92 Å². The molecule has 0 unspecified atom stereocenters. The van der Waals surface area contributed by atoms with Crippen molar-refractivity contribution in [1.29, 1.82) is 0 Å². The van der Waals surface area contributed by atoms with Gasteiger partial charge in [0.2, 0.25) is 5.75 Å². The van der Waals surface area contributed by atoms with Crippen molar-refractivity contribution in [2.24, 2.45) is 5.73 Å². The van der Waals surface area contributed by atoms with Crippen molar-refractivity contribution in [3.8, 4) is 5.75 Å². The van der Waals surface area contributed by atoms with E-state index in [1.165, 1.54) is 13.2 Å². The SMILES string of the molecule is COc1ccc(CN)nc1[N+](=O)[O-]. The first kappa shape index (κ1) is 9.40. The summed E-state index contributed by atoms with van der Waals surface area (Å²) in [5.74, 6) is -0.160. The van der Waals surface area contributed by atoms with Crippen molar-refractivity contribution < 1.29 is 9.66 Å². The molecule has 6 heteroatoms. The number of nitrogens with two attached hydrogens (primary N) is 1. The number of nitrogens with zero attached hydrogens (tertiary/aromatic N) is 2. The summed E-state index contributed by atoms with van der Waals surface area (Å²) in [5, 5.41) is 10.5. The van der Waals surface area contributed by atoms with Gasteiger partial charge < -0.3 is 20.6 Å². The van der Waals surface area contributed by atoms with E-state index in [0.717, 1.165) is 0 Å². The van der Waals surface area contributed by atoms with Gasteiger partial charge in [-0.15, -0.1) is 0 Å². The zero-order chi connectivity index (χ0) is 9.84. The number of pyridine rings is 1. The van der Waals surface area contributed by atoms with Crippen molar-refractivity contribution in [3.05, 3.63) is 27.9 Å². The van der Waals surface area contributed by atoms with E-state index in [1.807, 2.05) is 0 Å². The minimum Gasteiger partial charge on any atom is -0.489 e. The zero-order valence-electron chi connectivity index (χ0n) is 7.06. The average Bonchev–Trinajstić information content (AvgIpc) is 2.16. The van der Waals surface area contributed by atoms with Gasteiger partial charge in [0.15, 0.2) is 5.69 Å². The highest BCUT2D eigenvalue weighted by molar-refractivity contribution is 5.40. The molecule has 0 aliphatic rings. The number of ether oxygens (including phenoxy) is 1. The third-order valence-corrected chi connectivity index (χ3v) is 1.50. The number of hydrogen-bond acceptors (Lipinski definition) is 5. The Balaban J connectivity index is 3.18. The van der Waals surface area contributed by atoms with E-state index in [1.54, 1.807) is 6.07 Å². The van der Waals surface area contributed by atoms with E-state index in [2.05, 4.69) is 4.98 Å². The Kier molecular flexibility index (Phi) is 2.76. The Morgan fingerprint density at radius 3 is 2.85 bits per heavy atom. The summed E-state index contributed by atoms with van der Waals surface area (Å²) in [7, 11) is 1.35. The zero-order valence-corrected chi connectivity index (χ0v) is 7.06. The van der Waals surface area contributed by atoms with Crippen LogP contribution in [0.5, 0.6) is 5.75 Å². The van der Waals surface area contributed by atoms with Gasteiger partial charge in [-0.05, 0) is 22.0 Å². The maximum absolute atomic E-state index is 10.5. The van der Waals surface area contributed by atoms with Crippen LogP contribution in [0.15, 0.2) is 12.1 Å². The summed E-state index contributed by atoms with van der Waals surface area (Å²) >= 11 is 0. The van der Waals surface area contributed by atoms with Crippen molar-refractivity contribution in [3.63, 3.8) is 0 Å². The molecular weight excluding hydrogens is 174 g/mol. The van der Waals surface area contributed by atoms with Gasteiger partial charge in [-0.3, -0.25) is 0 Å². The lowest BCUT2D eigenvalue weighted by atomic mass is 10.3. The van der Waals surface area contributed by atoms with E-state index in [0.29, 0.717) is 5.69 Å². The Morgan fingerprint density at radius 2 is 2.38 bits per heavy atom. The third-order valence-electron chi connectivity index (χ3n) is 1.50.